The number of ether oxygens (including phenoxy) is 2. The Hall–Kier alpha value is -3.14. The molecule has 178 valence electrons. The molecule has 1 aliphatic heterocycles. The van der Waals surface area contributed by atoms with Gasteiger partial charge < -0.3 is 14.8 Å². The molecule has 3 aromatic carbocycles. The fourth-order valence-corrected chi connectivity index (χ4v) is 5.18. The number of thioether (sulfide) groups is 1. The van der Waals surface area contributed by atoms with E-state index in [1.165, 1.54) is 23.8 Å². The van der Waals surface area contributed by atoms with Gasteiger partial charge in [-0.25, -0.2) is 0 Å². The number of para-hydroxylation sites is 1. The van der Waals surface area contributed by atoms with Crippen molar-refractivity contribution in [1.29, 1.82) is 0 Å². The summed E-state index contributed by atoms with van der Waals surface area (Å²) in [7, 11) is 1.52. The van der Waals surface area contributed by atoms with Crippen molar-refractivity contribution in [2.45, 2.75) is 6.92 Å². The average Bonchev–Trinajstić information content (AvgIpc) is 3.12. The van der Waals surface area contributed by atoms with Gasteiger partial charge in [-0.2, -0.15) is 0 Å². The van der Waals surface area contributed by atoms with E-state index in [9.17, 15) is 9.59 Å². The molecule has 0 aliphatic carbocycles. The third-order valence-electron chi connectivity index (χ3n) is 5.11. The monoisotopic (exact) mass is 568 g/mol. The Kier molecular flexibility index (Phi) is 7.90. The molecule has 0 saturated carbocycles. The Morgan fingerprint density at radius 3 is 2.60 bits per heavy atom. The maximum absolute atomic E-state index is 13.0. The normalized spacial score (nSPS) is 14.4. The van der Waals surface area contributed by atoms with Gasteiger partial charge >= 0.3 is 0 Å². The summed E-state index contributed by atoms with van der Waals surface area (Å²) in [6, 6.07) is 20.2. The van der Waals surface area contributed by atoms with Gasteiger partial charge in [0.05, 0.1) is 17.7 Å². The standard InChI is InChI=1S/C26H21BrN2O4S2/c1-16-12-18(27)9-10-20(16)28-24(30)15-33-21-11-8-17(13-22(21)32-2)14-23-25(31)29(26(34)35-23)19-6-4-3-5-7-19/h3-14H,15H2,1-2H3,(H,28,30)/b23-14-. The van der Waals surface area contributed by atoms with Crippen LogP contribution in [-0.2, 0) is 9.59 Å². The predicted molar refractivity (Wildman–Crippen MR) is 148 cm³/mol. The van der Waals surface area contributed by atoms with E-state index in [0.717, 1.165) is 27.0 Å². The molecule has 0 unspecified atom stereocenters. The zero-order valence-corrected chi connectivity index (χ0v) is 22.1. The smallest absolute Gasteiger partial charge is 0.270 e. The minimum atomic E-state index is -0.286. The fraction of sp³-hybridized carbons (Fsp3) is 0.115. The van der Waals surface area contributed by atoms with Gasteiger partial charge in [-0.15, -0.1) is 0 Å². The lowest BCUT2D eigenvalue weighted by atomic mass is 10.1. The van der Waals surface area contributed by atoms with Crippen molar-refractivity contribution in [3.8, 4) is 11.5 Å². The lowest BCUT2D eigenvalue weighted by Crippen LogP contribution is -2.27. The van der Waals surface area contributed by atoms with Crippen LogP contribution in [0.4, 0.5) is 11.4 Å². The van der Waals surface area contributed by atoms with Crippen LogP contribution in [0.5, 0.6) is 11.5 Å². The van der Waals surface area contributed by atoms with Crippen molar-refractivity contribution in [2.24, 2.45) is 0 Å². The maximum atomic E-state index is 13.0. The second kappa shape index (κ2) is 11.1. The first-order chi connectivity index (χ1) is 16.9. The second-order valence-corrected chi connectivity index (χ2v) is 10.2. The minimum absolute atomic E-state index is 0.176. The molecule has 1 saturated heterocycles. The van der Waals surface area contributed by atoms with E-state index in [0.29, 0.717) is 20.7 Å². The second-order valence-electron chi connectivity index (χ2n) is 7.56. The van der Waals surface area contributed by atoms with Crippen molar-refractivity contribution in [3.05, 3.63) is 87.2 Å². The van der Waals surface area contributed by atoms with Crippen LogP contribution in [0, 0.1) is 6.92 Å². The van der Waals surface area contributed by atoms with E-state index in [1.54, 1.807) is 24.3 Å². The highest BCUT2D eigenvalue weighted by Crippen LogP contribution is 2.37. The Morgan fingerprint density at radius 2 is 1.89 bits per heavy atom. The number of rotatable bonds is 7. The summed E-state index contributed by atoms with van der Waals surface area (Å²) >= 11 is 10.1. The summed E-state index contributed by atoms with van der Waals surface area (Å²) in [6.07, 6.45) is 1.76. The maximum Gasteiger partial charge on any atom is 0.270 e. The van der Waals surface area contributed by atoms with Gasteiger partial charge in [0.25, 0.3) is 11.8 Å². The molecule has 1 N–H and O–H groups in total. The molecule has 1 heterocycles. The first-order valence-electron chi connectivity index (χ1n) is 10.6. The molecule has 1 aliphatic rings. The van der Waals surface area contributed by atoms with E-state index in [2.05, 4.69) is 21.2 Å². The van der Waals surface area contributed by atoms with Crippen molar-refractivity contribution >= 4 is 73.5 Å². The van der Waals surface area contributed by atoms with Gasteiger partial charge in [0.1, 0.15) is 0 Å². The fourth-order valence-electron chi connectivity index (χ4n) is 3.41. The zero-order valence-electron chi connectivity index (χ0n) is 18.9. The van der Waals surface area contributed by atoms with Crippen molar-refractivity contribution in [1.82, 2.24) is 0 Å². The van der Waals surface area contributed by atoms with Gasteiger partial charge in [0.2, 0.25) is 0 Å². The van der Waals surface area contributed by atoms with Gasteiger partial charge in [0, 0.05) is 10.2 Å². The van der Waals surface area contributed by atoms with Crippen LogP contribution >= 0.6 is 39.9 Å². The number of methoxy groups -OCH3 is 1. The topological polar surface area (TPSA) is 67.9 Å². The molecule has 0 radical (unpaired) electrons. The molecule has 0 spiro atoms. The number of hydrogen-bond donors (Lipinski definition) is 1. The van der Waals surface area contributed by atoms with Crippen molar-refractivity contribution in [2.75, 3.05) is 23.9 Å². The molecule has 9 heteroatoms. The number of nitrogens with zero attached hydrogens (tertiary/aromatic N) is 1. The average molecular weight is 570 g/mol. The van der Waals surface area contributed by atoms with E-state index >= 15 is 0 Å². The summed E-state index contributed by atoms with van der Waals surface area (Å²) < 4.78 is 12.6. The molecule has 0 aromatic heterocycles. The largest absolute Gasteiger partial charge is 0.493 e. The number of carbonyl (C=O) groups is 2. The third kappa shape index (κ3) is 5.93. The summed E-state index contributed by atoms with van der Waals surface area (Å²) in [5, 5.41) is 2.84. The SMILES string of the molecule is COc1cc(/C=C2\SC(=S)N(c3ccccc3)C2=O)ccc1OCC(=O)Nc1ccc(Br)cc1C. The highest BCUT2D eigenvalue weighted by atomic mass is 79.9. The summed E-state index contributed by atoms with van der Waals surface area (Å²) in [4.78, 5) is 27.4. The molecular weight excluding hydrogens is 548 g/mol. The Morgan fingerprint density at radius 1 is 1.11 bits per heavy atom. The summed E-state index contributed by atoms with van der Waals surface area (Å²) in [6.45, 7) is 1.73. The molecule has 4 rings (SSSR count). The van der Waals surface area contributed by atoms with Crippen LogP contribution in [0.3, 0.4) is 0 Å². The van der Waals surface area contributed by atoms with Crippen LogP contribution in [0.15, 0.2) is 76.1 Å². The quantitative estimate of drug-likeness (QED) is 0.271. The van der Waals surface area contributed by atoms with Crippen LogP contribution < -0.4 is 19.7 Å². The lowest BCUT2D eigenvalue weighted by molar-refractivity contribution is -0.118. The van der Waals surface area contributed by atoms with E-state index in [-0.39, 0.29) is 18.4 Å². The van der Waals surface area contributed by atoms with E-state index in [4.69, 9.17) is 21.7 Å². The summed E-state index contributed by atoms with van der Waals surface area (Å²) in [5.41, 5.74) is 3.14. The lowest BCUT2D eigenvalue weighted by Gasteiger charge is -2.14. The predicted octanol–water partition coefficient (Wildman–Crippen LogP) is 6.19. The van der Waals surface area contributed by atoms with Crippen molar-refractivity contribution < 1.29 is 19.1 Å². The highest BCUT2D eigenvalue weighted by molar-refractivity contribution is 9.10. The van der Waals surface area contributed by atoms with Crippen LogP contribution in [0.2, 0.25) is 0 Å². The minimum Gasteiger partial charge on any atom is -0.493 e. The number of amides is 2. The number of anilines is 2. The number of hydrogen-bond acceptors (Lipinski definition) is 6. The molecule has 0 atom stereocenters. The van der Waals surface area contributed by atoms with E-state index in [1.807, 2.05) is 55.5 Å². The van der Waals surface area contributed by atoms with Crippen LogP contribution in [0.1, 0.15) is 11.1 Å². The van der Waals surface area contributed by atoms with Gasteiger partial charge in [0.15, 0.2) is 22.4 Å². The molecular formula is C26H21BrN2O4S2. The Balaban J connectivity index is 1.44. The summed E-state index contributed by atoms with van der Waals surface area (Å²) in [5.74, 6) is 0.408. The first-order valence-corrected chi connectivity index (χ1v) is 12.6. The number of benzene rings is 3. The van der Waals surface area contributed by atoms with Gasteiger partial charge in [-0.05, 0) is 66.6 Å². The first kappa shape index (κ1) is 25.0. The van der Waals surface area contributed by atoms with Gasteiger partial charge in [-0.3, -0.25) is 14.5 Å². The number of halogens is 1. The number of aryl methyl sites for hydroxylation is 1. The molecule has 3 aromatic rings. The number of carbonyl (C=O) groups excluding carboxylic acids is 2. The zero-order chi connectivity index (χ0) is 24.9. The van der Waals surface area contributed by atoms with Crippen molar-refractivity contribution in [3.63, 3.8) is 0 Å². The van der Waals surface area contributed by atoms with Crippen LogP contribution in [0.25, 0.3) is 6.08 Å². The molecule has 0 bridgehead atoms. The third-order valence-corrected chi connectivity index (χ3v) is 6.91. The van der Waals surface area contributed by atoms with Gasteiger partial charge in [-0.1, -0.05) is 64.2 Å². The highest BCUT2D eigenvalue weighted by Gasteiger charge is 2.33. The Labute approximate surface area is 221 Å². The molecule has 2 amide bonds. The molecule has 35 heavy (non-hydrogen) atoms. The number of thiocarbonyl (C=S) groups is 1. The van der Waals surface area contributed by atoms with Crippen LogP contribution in [-0.4, -0.2) is 29.9 Å². The van der Waals surface area contributed by atoms with E-state index < -0.39 is 0 Å². The Bertz CT molecular complexity index is 1330. The molecule has 6 nitrogen and oxygen atoms in total. The molecule has 1 fully saturated rings. The number of nitrogens with one attached hydrogen (secondary N) is 1.